The van der Waals surface area contributed by atoms with Gasteiger partial charge in [-0.3, -0.25) is 4.79 Å². The number of aryl methyl sites for hydroxylation is 1. The number of amides is 1. The van der Waals surface area contributed by atoms with E-state index in [-0.39, 0.29) is 6.61 Å². The molecule has 0 atom stereocenters. The average molecular weight is 267 g/mol. The SMILES string of the molecule is CCOC(=O)C(=O)Nc1cc(OC)c(C)cc1OC. The predicted molar refractivity (Wildman–Crippen MR) is 69.5 cm³/mol. The van der Waals surface area contributed by atoms with Gasteiger partial charge in [0.05, 0.1) is 26.5 Å². The molecule has 104 valence electrons. The van der Waals surface area contributed by atoms with E-state index in [1.165, 1.54) is 14.2 Å². The van der Waals surface area contributed by atoms with Crippen LogP contribution in [0.15, 0.2) is 12.1 Å². The first kappa shape index (κ1) is 14.8. The molecule has 0 radical (unpaired) electrons. The van der Waals surface area contributed by atoms with Crippen LogP contribution >= 0.6 is 0 Å². The molecule has 0 bridgehead atoms. The first-order chi connectivity index (χ1) is 9.03. The largest absolute Gasteiger partial charge is 0.496 e. The first-order valence-electron chi connectivity index (χ1n) is 5.74. The topological polar surface area (TPSA) is 73.9 Å². The van der Waals surface area contributed by atoms with Crippen molar-refractivity contribution in [1.29, 1.82) is 0 Å². The number of carbonyl (C=O) groups excluding carboxylic acids is 2. The van der Waals surface area contributed by atoms with E-state index >= 15 is 0 Å². The van der Waals surface area contributed by atoms with E-state index in [1.54, 1.807) is 19.1 Å². The van der Waals surface area contributed by atoms with Gasteiger partial charge in [-0.05, 0) is 25.5 Å². The minimum Gasteiger partial charge on any atom is -0.496 e. The number of hydrogen-bond donors (Lipinski definition) is 1. The summed E-state index contributed by atoms with van der Waals surface area (Å²) in [6.45, 7) is 3.61. The zero-order valence-corrected chi connectivity index (χ0v) is 11.4. The van der Waals surface area contributed by atoms with E-state index < -0.39 is 11.9 Å². The molecule has 0 aliphatic heterocycles. The van der Waals surface area contributed by atoms with Crippen molar-refractivity contribution in [2.45, 2.75) is 13.8 Å². The van der Waals surface area contributed by atoms with Crippen molar-refractivity contribution in [2.75, 3.05) is 26.1 Å². The van der Waals surface area contributed by atoms with E-state index in [2.05, 4.69) is 10.1 Å². The number of nitrogens with one attached hydrogen (secondary N) is 1. The van der Waals surface area contributed by atoms with Crippen molar-refractivity contribution in [3.05, 3.63) is 17.7 Å². The molecule has 1 N–H and O–H groups in total. The molecule has 0 spiro atoms. The van der Waals surface area contributed by atoms with Gasteiger partial charge in [0.1, 0.15) is 11.5 Å². The van der Waals surface area contributed by atoms with Gasteiger partial charge in [-0.1, -0.05) is 0 Å². The van der Waals surface area contributed by atoms with E-state index in [1.807, 2.05) is 6.92 Å². The number of rotatable bonds is 4. The third-order valence-corrected chi connectivity index (χ3v) is 2.43. The number of benzene rings is 1. The fourth-order valence-corrected chi connectivity index (χ4v) is 1.52. The number of anilines is 1. The highest BCUT2D eigenvalue weighted by atomic mass is 16.5. The van der Waals surface area contributed by atoms with Crippen molar-refractivity contribution >= 4 is 17.6 Å². The molecule has 0 fully saturated rings. The van der Waals surface area contributed by atoms with Gasteiger partial charge >= 0.3 is 11.9 Å². The van der Waals surface area contributed by atoms with Crippen molar-refractivity contribution in [3.8, 4) is 11.5 Å². The Morgan fingerprint density at radius 2 is 1.79 bits per heavy atom. The lowest BCUT2D eigenvalue weighted by Gasteiger charge is -2.13. The van der Waals surface area contributed by atoms with Crippen LogP contribution in [0.2, 0.25) is 0 Å². The van der Waals surface area contributed by atoms with Crippen LogP contribution in [0, 0.1) is 6.92 Å². The van der Waals surface area contributed by atoms with Crippen LogP contribution in [0.4, 0.5) is 5.69 Å². The maximum absolute atomic E-state index is 11.6. The van der Waals surface area contributed by atoms with Gasteiger partial charge in [0, 0.05) is 6.07 Å². The van der Waals surface area contributed by atoms with Crippen LogP contribution in [0.1, 0.15) is 12.5 Å². The Kier molecular flexibility index (Phi) is 5.17. The van der Waals surface area contributed by atoms with Crippen molar-refractivity contribution in [1.82, 2.24) is 0 Å². The Bertz CT molecular complexity index is 484. The molecule has 0 aliphatic rings. The minimum atomic E-state index is -0.941. The van der Waals surface area contributed by atoms with Crippen LogP contribution in [-0.2, 0) is 14.3 Å². The molecule has 0 unspecified atom stereocenters. The number of hydrogen-bond acceptors (Lipinski definition) is 5. The Labute approximate surface area is 111 Å². The summed E-state index contributed by atoms with van der Waals surface area (Å²) in [5, 5.41) is 2.43. The predicted octanol–water partition coefficient (Wildman–Crippen LogP) is 1.51. The van der Waals surface area contributed by atoms with Gasteiger partial charge in [-0.25, -0.2) is 4.79 Å². The Hall–Kier alpha value is -2.24. The molecule has 1 amide bonds. The van der Waals surface area contributed by atoms with Crippen LogP contribution in [0.5, 0.6) is 11.5 Å². The molecule has 0 saturated carbocycles. The van der Waals surface area contributed by atoms with E-state index in [9.17, 15) is 9.59 Å². The van der Waals surface area contributed by atoms with Crippen LogP contribution < -0.4 is 14.8 Å². The zero-order valence-electron chi connectivity index (χ0n) is 11.4. The lowest BCUT2D eigenvalue weighted by molar-refractivity contribution is -0.152. The highest BCUT2D eigenvalue weighted by Gasteiger charge is 2.18. The fourth-order valence-electron chi connectivity index (χ4n) is 1.52. The van der Waals surface area contributed by atoms with Gasteiger partial charge in [0.2, 0.25) is 0 Å². The summed E-state index contributed by atoms with van der Waals surface area (Å²) in [5.41, 5.74) is 1.21. The quantitative estimate of drug-likeness (QED) is 0.661. The summed E-state index contributed by atoms with van der Waals surface area (Å²) in [4.78, 5) is 22.8. The maximum atomic E-state index is 11.6. The lowest BCUT2D eigenvalue weighted by atomic mass is 10.2. The maximum Gasteiger partial charge on any atom is 0.397 e. The lowest BCUT2D eigenvalue weighted by Crippen LogP contribution is -2.25. The second-order valence-electron chi connectivity index (χ2n) is 3.70. The molecule has 6 heteroatoms. The number of carbonyl (C=O) groups is 2. The molecule has 0 heterocycles. The third kappa shape index (κ3) is 3.61. The molecule has 1 aromatic carbocycles. The molecule has 1 aromatic rings. The number of esters is 1. The van der Waals surface area contributed by atoms with Gasteiger partial charge in [-0.15, -0.1) is 0 Å². The molecular weight excluding hydrogens is 250 g/mol. The summed E-state index contributed by atoms with van der Waals surface area (Å²) >= 11 is 0. The van der Waals surface area contributed by atoms with Gasteiger partial charge in [-0.2, -0.15) is 0 Å². The second kappa shape index (κ2) is 6.63. The molecule has 6 nitrogen and oxygen atoms in total. The summed E-state index contributed by atoms with van der Waals surface area (Å²) in [5.74, 6) is -0.772. The van der Waals surface area contributed by atoms with Crippen LogP contribution in [0.25, 0.3) is 0 Å². The van der Waals surface area contributed by atoms with E-state index in [0.717, 1.165) is 5.56 Å². The van der Waals surface area contributed by atoms with Crippen LogP contribution in [0.3, 0.4) is 0 Å². The monoisotopic (exact) mass is 267 g/mol. The normalized spacial score (nSPS) is 9.68. The second-order valence-corrected chi connectivity index (χ2v) is 3.70. The van der Waals surface area contributed by atoms with Crippen LogP contribution in [-0.4, -0.2) is 32.7 Å². The summed E-state index contributed by atoms with van der Waals surface area (Å²) in [6.07, 6.45) is 0. The fraction of sp³-hybridized carbons (Fsp3) is 0.385. The molecule has 0 aliphatic carbocycles. The Balaban J connectivity index is 2.99. The van der Waals surface area contributed by atoms with Gasteiger partial charge in [0.25, 0.3) is 0 Å². The smallest absolute Gasteiger partial charge is 0.397 e. The summed E-state index contributed by atoms with van der Waals surface area (Å²) < 4.78 is 14.9. The van der Waals surface area contributed by atoms with Crippen molar-refractivity contribution < 1.29 is 23.8 Å². The van der Waals surface area contributed by atoms with Crippen molar-refractivity contribution in [2.24, 2.45) is 0 Å². The molecule has 0 aromatic heterocycles. The zero-order chi connectivity index (χ0) is 14.4. The first-order valence-corrected chi connectivity index (χ1v) is 5.74. The Morgan fingerprint density at radius 1 is 1.16 bits per heavy atom. The molecule has 19 heavy (non-hydrogen) atoms. The number of ether oxygens (including phenoxy) is 3. The van der Waals surface area contributed by atoms with Gasteiger partial charge in [0.15, 0.2) is 0 Å². The third-order valence-electron chi connectivity index (χ3n) is 2.43. The average Bonchev–Trinajstić information content (AvgIpc) is 2.40. The summed E-state index contributed by atoms with van der Waals surface area (Å²) in [7, 11) is 2.99. The highest BCUT2D eigenvalue weighted by molar-refractivity contribution is 6.37. The van der Waals surface area contributed by atoms with Gasteiger partial charge < -0.3 is 19.5 Å². The standard InChI is InChI=1S/C13H17NO5/c1-5-19-13(16)12(15)14-9-7-10(17-3)8(2)6-11(9)18-4/h6-7H,5H2,1-4H3,(H,14,15). The van der Waals surface area contributed by atoms with Crippen molar-refractivity contribution in [3.63, 3.8) is 0 Å². The summed E-state index contributed by atoms with van der Waals surface area (Å²) in [6, 6.07) is 3.30. The van der Waals surface area contributed by atoms with E-state index in [4.69, 9.17) is 9.47 Å². The number of methoxy groups -OCH3 is 2. The minimum absolute atomic E-state index is 0.139. The molecule has 0 saturated heterocycles. The molecular formula is C13H17NO5. The molecule has 1 rings (SSSR count). The highest BCUT2D eigenvalue weighted by Crippen LogP contribution is 2.32. The van der Waals surface area contributed by atoms with E-state index in [0.29, 0.717) is 17.2 Å². The Morgan fingerprint density at radius 3 is 2.32 bits per heavy atom.